The van der Waals surface area contributed by atoms with Gasteiger partial charge >= 0.3 is 23.3 Å². The van der Waals surface area contributed by atoms with E-state index < -0.39 is 5.97 Å². The van der Waals surface area contributed by atoms with E-state index in [1.165, 1.54) is 6.92 Å². The number of carboxylic acids is 1. The van der Waals surface area contributed by atoms with Crippen molar-refractivity contribution < 1.29 is 57.6 Å². The molecule has 61 valence electrons. The monoisotopic (exact) mass is 225 g/mol. The first-order chi connectivity index (χ1) is 2.64. The standard InChI is InChI=1S/C4H6O2.2ClH.Cr.H2O/c1-3(2)4(5)6;;;;/h1H2,2H3,(H,5,6);2*1H;;1H2/q;;;+3;/p-3. The molecule has 0 aromatic carbocycles. The Morgan fingerprint density at radius 1 is 1.40 bits per heavy atom. The molecule has 0 amide bonds. The van der Waals surface area contributed by atoms with Crippen molar-refractivity contribution in [1.82, 2.24) is 0 Å². The van der Waals surface area contributed by atoms with Gasteiger partial charge in [-0.2, -0.15) is 0 Å². The zero-order valence-corrected chi connectivity index (χ0v) is 7.96. The minimum Gasteiger partial charge on any atom is -1.00 e. The number of carbonyl (C=O) groups is 1. The molecule has 0 atom stereocenters. The second-order valence-electron chi connectivity index (χ2n) is 1.09. The maximum Gasteiger partial charge on any atom is 3.00 e. The van der Waals surface area contributed by atoms with Gasteiger partial charge in [0.25, 0.3) is 0 Å². The van der Waals surface area contributed by atoms with Crippen LogP contribution in [-0.2, 0) is 22.2 Å². The largest absolute Gasteiger partial charge is 3.00 e. The smallest absolute Gasteiger partial charge is 1.00 e. The molecule has 2 N–H and O–H groups in total. The minimum absolute atomic E-state index is 0. The van der Waals surface area contributed by atoms with Crippen molar-refractivity contribution in [2.75, 3.05) is 0 Å². The molecule has 3 nitrogen and oxygen atoms in total. The van der Waals surface area contributed by atoms with Crippen LogP contribution in [0.15, 0.2) is 12.2 Å². The molecule has 0 saturated carbocycles. The number of aliphatic carboxylic acids is 1. The average Bonchev–Trinajstić information content (AvgIpc) is 1.36. The molecule has 1 radical (unpaired) electrons. The second kappa shape index (κ2) is 16.1. The van der Waals surface area contributed by atoms with Gasteiger partial charge in [0, 0.05) is 5.57 Å². The Hall–Kier alpha value is 0.282. The molecule has 10 heavy (non-hydrogen) atoms. The van der Waals surface area contributed by atoms with Gasteiger partial charge in [0.15, 0.2) is 0 Å². The van der Waals surface area contributed by atoms with Crippen LogP contribution in [0.5, 0.6) is 0 Å². The molecule has 0 heterocycles. The quantitative estimate of drug-likeness (QED) is 0.453. The van der Waals surface area contributed by atoms with Crippen molar-refractivity contribution in [2.24, 2.45) is 0 Å². The van der Waals surface area contributed by atoms with E-state index in [1.807, 2.05) is 0 Å². The third kappa shape index (κ3) is 24.0. The van der Waals surface area contributed by atoms with Gasteiger partial charge in [-0.3, -0.25) is 0 Å². The van der Waals surface area contributed by atoms with Crippen LogP contribution < -0.4 is 24.8 Å². The predicted octanol–water partition coefficient (Wildman–Crippen LogP) is -5.52. The summed E-state index contributed by atoms with van der Waals surface area (Å²) in [6.45, 7) is 4.60. The molecular weight excluding hydrogens is 219 g/mol. The number of hydrogen-bond donors (Lipinski definition) is 1. The SMILES string of the molecule is C=C(C)C(=O)O.[Cl-].[Cl-].[Cr+3].[OH-]. The Balaban J connectivity index is -0.0000000208. The van der Waals surface area contributed by atoms with Crippen LogP contribution in [0.4, 0.5) is 0 Å². The molecule has 0 saturated heterocycles. The molecule has 0 fully saturated rings. The summed E-state index contributed by atoms with van der Waals surface area (Å²) in [5, 5.41) is 7.89. The second-order valence-corrected chi connectivity index (χ2v) is 1.09. The fourth-order valence-electron chi connectivity index (χ4n) is 0. The van der Waals surface area contributed by atoms with Crippen LogP contribution in [0.3, 0.4) is 0 Å². The van der Waals surface area contributed by atoms with Gasteiger partial charge in [-0.05, 0) is 6.92 Å². The zero-order chi connectivity index (χ0) is 5.15. The average molecular weight is 226 g/mol. The van der Waals surface area contributed by atoms with E-state index in [-0.39, 0.29) is 53.2 Å². The molecule has 0 aromatic rings. The van der Waals surface area contributed by atoms with Gasteiger partial charge in [0.2, 0.25) is 0 Å². The molecule has 0 aliphatic carbocycles. The fraction of sp³-hybridized carbons (Fsp3) is 0.250. The molecule has 0 spiro atoms. The summed E-state index contributed by atoms with van der Waals surface area (Å²) in [6, 6.07) is 0. The molecule has 0 aromatic heterocycles. The molecule has 0 unspecified atom stereocenters. The van der Waals surface area contributed by atoms with Gasteiger partial charge in [0.05, 0.1) is 0 Å². The van der Waals surface area contributed by atoms with Gasteiger partial charge in [-0.25, -0.2) is 4.79 Å². The molecular formula is C4H7Cl2CrO3. The first kappa shape index (κ1) is 31.8. The summed E-state index contributed by atoms with van der Waals surface area (Å²) in [4.78, 5) is 9.60. The van der Waals surface area contributed by atoms with E-state index in [0.717, 1.165) is 0 Å². The van der Waals surface area contributed by atoms with Gasteiger partial charge in [-0.15, -0.1) is 0 Å². The fourth-order valence-corrected chi connectivity index (χ4v) is 0. The van der Waals surface area contributed by atoms with Crippen molar-refractivity contribution in [1.29, 1.82) is 0 Å². The van der Waals surface area contributed by atoms with E-state index in [2.05, 4.69) is 6.58 Å². The molecule has 0 rings (SSSR count). The van der Waals surface area contributed by atoms with E-state index in [1.54, 1.807) is 0 Å². The number of rotatable bonds is 1. The van der Waals surface area contributed by atoms with Crippen molar-refractivity contribution in [3.63, 3.8) is 0 Å². The Morgan fingerprint density at radius 2 is 1.50 bits per heavy atom. The molecule has 0 aliphatic heterocycles. The minimum atomic E-state index is -0.935. The number of carboxylic acid groups (broad SMARTS) is 1. The normalized spacial score (nSPS) is 4.50. The van der Waals surface area contributed by atoms with E-state index in [4.69, 9.17) is 5.11 Å². The summed E-state index contributed by atoms with van der Waals surface area (Å²) >= 11 is 0. The Bertz CT molecular complexity index is 84.5. The molecule has 6 heteroatoms. The molecule has 0 bridgehead atoms. The van der Waals surface area contributed by atoms with E-state index in [0.29, 0.717) is 0 Å². The zero-order valence-electron chi connectivity index (χ0n) is 5.17. The van der Waals surface area contributed by atoms with Crippen molar-refractivity contribution in [3.8, 4) is 0 Å². The Morgan fingerprint density at radius 3 is 1.50 bits per heavy atom. The summed E-state index contributed by atoms with van der Waals surface area (Å²) in [6.07, 6.45) is 0. The van der Waals surface area contributed by atoms with Crippen LogP contribution in [0.2, 0.25) is 0 Å². The van der Waals surface area contributed by atoms with Crippen LogP contribution in [0, 0.1) is 0 Å². The van der Waals surface area contributed by atoms with Gasteiger partial charge in [-0.1, -0.05) is 6.58 Å². The number of halogens is 2. The van der Waals surface area contributed by atoms with Crippen LogP contribution in [-0.4, -0.2) is 16.6 Å². The summed E-state index contributed by atoms with van der Waals surface area (Å²) < 4.78 is 0. The maximum atomic E-state index is 9.60. The van der Waals surface area contributed by atoms with Crippen molar-refractivity contribution >= 4 is 5.97 Å². The maximum absolute atomic E-state index is 9.60. The van der Waals surface area contributed by atoms with Gasteiger partial charge in [0.1, 0.15) is 0 Å². The summed E-state index contributed by atoms with van der Waals surface area (Å²) in [5.74, 6) is -0.935. The predicted molar refractivity (Wildman–Crippen MR) is 24.4 cm³/mol. The topological polar surface area (TPSA) is 67.3 Å². The first-order valence-electron chi connectivity index (χ1n) is 1.53. The third-order valence-electron chi connectivity index (χ3n) is 0.365. The van der Waals surface area contributed by atoms with Crippen molar-refractivity contribution in [3.05, 3.63) is 12.2 Å². The summed E-state index contributed by atoms with van der Waals surface area (Å²) in [5.41, 5.74) is 0.176. The van der Waals surface area contributed by atoms with Crippen LogP contribution in [0.25, 0.3) is 0 Å². The van der Waals surface area contributed by atoms with Crippen LogP contribution in [0.1, 0.15) is 6.92 Å². The van der Waals surface area contributed by atoms with Gasteiger partial charge < -0.3 is 35.4 Å². The van der Waals surface area contributed by atoms with E-state index >= 15 is 0 Å². The third-order valence-corrected chi connectivity index (χ3v) is 0.365. The summed E-state index contributed by atoms with van der Waals surface area (Å²) in [7, 11) is 0. The molecule has 0 aliphatic rings. The van der Waals surface area contributed by atoms with E-state index in [9.17, 15) is 4.79 Å². The van der Waals surface area contributed by atoms with Crippen molar-refractivity contribution in [2.45, 2.75) is 6.92 Å². The Labute approximate surface area is 82.8 Å². The first-order valence-corrected chi connectivity index (χ1v) is 1.53. The Kier molecular flexibility index (Phi) is 51.2. The van der Waals surface area contributed by atoms with Crippen LogP contribution >= 0.6 is 0 Å². The number of hydrogen-bond acceptors (Lipinski definition) is 2.